The third-order valence-electron chi connectivity index (χ3n) is 6.00. The van der Waals surface area contributed by atoms with E-state index in [-0.39, 0.29) is 29.8 Å². The van der Waals surface area contributed by atoms with Crippen molar-refractivity contribution in [2.45, 2.75) is 25.4 Å². The molecule has 7 nitrogen and oxygen atoms in total. The van der Waals surface area contributed by atoms with Gasteiger partial charge in [-0.3, -0.25) is 9.59 Å². The Morgan fingerprint density at radius 2 is 1.89 bits per heavy atom. The van der Waals surface area contributed by atoms with Crippen LogP contribution in [0.3, 0.4) is 0 Å². The van der Waals surface area contributed by atoms with Gasteiger partial charge in [-0.1, -0.05) is 0 Å². The molecule has 3 fully saturated rings. The number of methoxy groups -OCH3 is 1. The Morgan fingerprint density at radius 1 is 1.14 bits per heavy atom. The van der Waals surface area contributed by atoms with Crippen molar-refractivity contribution in [3.05, 3.63) is 24.3 Å². The van der Waals surface area contributed by atoms with Gasteiger partial charge >= 0.3 is 0 Å². The van der Waals surface area contributed by atoms with Gasteiger partial charge in [-0.25, -0.2) is 0 Å². The number of carbonyl (C=O) groups excluding carboxylic acids is 2. The van der Waals surface area contributed by atoms with Crippen LogP contribution >= 0.6 is 0 Å². The Kier molecular flexibility index (Phi) is 5.71. The maximum Gasteiger partial charge on any atom is 0.226 e. The van der Waals surface area contributed by atoms with E-state index in [9.17, 15) is 9.59 Å². The number of carbonyl (C=O) groups is 2. The van der Waals surface area contributed by atoms with E-state index in [2.05, 4.69) is 10.2 Å². The molecule has 0 spiro atoms. The summed E-state index contributed by atoms with van der Waals surface area (Å²) in [6.45, 7) is 4.36. The van der Waals surface area contributed by atoms with Crippen molar-refractivity contribution in [2.75, 3.05) is 51.3 Å². The summed E-state index contributed by atoms with van der Waals surface area (Å²) in [6.07, 6.45) is 2.89. The smallest absolute Gasteiger partial charge is 0.226 e. The van der Waals surface area contributed by atoms with Crippen LogP contribution in [-0.4, -0.2) is 69.3 Å². The maximum atomic E-state index is 12.7. The third-order valence-corrected chi connectivity index (χ3v) is 6.00. The van der Waals surface area contributed by atoms with Gasteiger partial charge in [0.05, 0.1) is 25.0 Å². The first-order valence-corrected chi connectivity index (χ1v) is 10.2. The number of piperazine rings is 1. The molecule has 28 heavy (non-hydrogen) atoms. The van der Waals surface area contributed by atoms with Crippen LogP contribution in [-0.2, 0) is 14.3 Å². The quantitative estimate of drug-likeness (QED) is 0.796. The average Bonchev–Trinajstić information content (AvgIpc) is 3.38. The first kappa shape index (κ1) is 19.1. The predicted octanol–water partition coefficient (Wildman–Crippen LogP) is 1.28. The van der Waals surface area contributed by atoms with E-state index >= 15 is 0 Å². The second-order valence-corrected chi connectivity index (χ2v) is 7.84. The highest BCUT2D eigenvalue weighted by Gasteiger charge is 2.49. The molecule has 3 aliphatic rings. The fourth-order valence-electron chi connectivity index (χ4n) is 4.12. The maximum absolute atomic E-state index is 12.7. The molecular weight excluding hydrogens is 358 g/mol. The lowest BCUT2D eigenvalue weighted by Crippen LogP contribution is -2.49. The molecule has 2 amide bonds. The molecule has 4 rings (SSSR count). The van der Waals surface area contributed by atoms with Crippen LogP contribution in [0.2, 0.25) is 0 Å². The van der Waals surface area contributed by atoms with E-state index in [1.54, 1.807) is 7.11 Å². The Morgan fingerprint density at radius 3 is 2.54 bits per heavy atom. The highest BCUT2D eigenvalue weighted by atomic mass is 16.5. The van der Waals surface area contributed by atoms with Crippen LogP contribution in [0, 0.1) is 11.8 Å². The summed E-state index contributed by atoms with van der Waals surface area (Å²) < 4.78 is 10.7. The number of amides is 2. The standard InChI is InChI=1S/C21H29N3O4/c1-27-16-6-4-15(5-7-16)23-8-10-24(11-9-23)21(26)19-13-18(19)20(25)22-14-17-3-2-12-28-17/h4-7,17-19H,2-3,8-14H2,1H3,(H,22,25). The van der Waals surface area contributed by atoms with Gasteiger partial charge in [-0.05, 0) is 43.5 Å². The normalized spacial score (nSPS) is 26.8. The molecule has 152 valence electrons. The fraction of sp³-hybridized carbons (Fsp3) is 0.619. The van der Waals surface area contributed by atoms with Gasteiger partial charge in [0.1, 0.15) is 5.75 Å². The van der Waals surface area contributed by atoms with E-state index in [4.69, 9.17) is 9.47 Å². The zero-order chi connectivity index (χ0) is 19.5. The fourth-order valence-corrected chi connectivity index (χ4v) is 4.12. The number of hydrogen-bond acceptors (Lipinski definition) is 5. The van der Waals surface area contributed by atoms with Crippen LogP contribution < -0.4 is 15.0 Å². The van der Waals surface area contributed by atoms with E-state index < -0.39 is 0 Å². The summed E-state index contributed by atoms with van der Waals surface area (Å²) in [6, 6.07) is 8.00. The van der Waals surface area contributed by atoms with Crippen LogP contribution in [0.25, 0.3) is 0 Å². The zero-order valence-electron chi connectivity index (χ0n) is 16.4. The highest BCUT2D eigenvalue weighted by molar-refractivity contribution is 5.92. The van der Waals surface area contributed by atoms with E-state index in [0.29, 0.717) is 26.1 Å². The van der Waals surface area contributed by atoms with Crippen molar-refractivity contribution in [1.82, 2.24) is 10.2 Å². The predicted molar refractivity (Wildman–Crippen MR) is 105 cm³/mol. The summed E-state index contributed by atoms with van der Waals surface area (Å²) >= 11 is 0. The number of nitrogens with one attached hydrogen (secondary N) is 1. The number of rotatable bonds is 6. The van der Waals surface area contributed by atoms with E-state index in [1.165, 1.54) is 0 Å². The van der Waals surface area contributed by atoms with Gasteiger partial charge < -0.3 is 24.6 Å². The Hall–Kier alpha value is -2.28. The van der Waals surface area contributed by atoms with Crippen molar-refractivity contribution < 1.29 is 19.1 Å². The molecule has 0 bridgehead atoms. The van der Waals surface area contributed by atoms with Crippen LogP contribution in [0.4, 0.5) is 5.69 Å². The van der Waals surface area contributed by atoms with Gasteiger partial charge in [0, 0.05) is 45.0 Å². The number of benzene rings is 1. The minimum Gasteiger partial charge on any atom is -0.497 e. The van der Waals surface area contributed by atoms with Gasteiger partial charge in [0.2, 0.25) is 11.8 Å². The average molecular weight is 387 g/mol. The van der Waals surface area contributed by atoms with Crippen LogP contribution in [0.1, 0.15) is 19.3 Å². The molecule has 1 aromatic rings. The van der Waals surface area contributed by atoms with Crippen molar-refractivity contribution in [1.29, 1.82) is 0 Å². The lowest BCUT2D eigenvalue weighted by Gasteiger charge is -2.36. The topological polar surface area (TPSA) is 71.1 Å². The Labute approximate surface area is 166 Å². The molecule has 1 aromatic carbocycles. The Balaban J connectivity index is 1.21. The molecule has 3 unspecified atom stereocenters. The minimum absolute atomic E-state index is 0.00530. The lowest BCUT2D eigenvalue weighted by atomic mass is 10.2. The molecule has 0 radical (unpaired) electrons. The van der Waals surface area contributed by atoms with Gasteiger partial charge in [-0.2, -0.15) is 0 Å². The molecular formula is C21H29N3O4. The SMILES string of the molecule is COc1ccc(N2CCN(C(=O)C3CC3C(=O)NCC3CCCO3)CC2)cc1. The number of nitrogens with zero attached hydrogens (tertiary/aromatic N) is 2. The monoisotopic (exact) mass is 387 g/mol. The van der Waals surface area contributed by atoms with E-state index in [1.807, 2.05) is 29.2 Å². The zero-order valence-corrected chi connectivity index (χ0v) is 16.4. The summed E-state index contributed by atoms with van der Waals surface area (Å²) in [5, 5.41) is 2.96. The van der Waals surface area contributed by atoms with Crippen LogP contribution in [0.15, 0.2) is 24.3 Å². The molecule has 7 heteroatoms. The van der Waals surface area contributed by atoms with Crippen molar-refractivity contribution in [3.63, 3.8) is 0 Å². The second-order valence-electron chi connectivity index (χ2n) is 7.84. The molecule has 2 heterocycles. The first-order chi connectivity index (χ1) is 13.7. The Bertz CT molecular complexity index is 694. The molecule has 1 aliphatic carbocycles. The molecule has 2 saturated heterocycles. The van der Waals surface area contributed by atoms with Gasteiger partial charge in [-0.15, -0.1) is 0 Å². The van der Waals surface area contributed by atoms with Crippen molar-refractivity contribution >= 4 is 17.5 Å². The molecule has 1 N–H and O–H groups in total. The number of ether oxygens (including phenoxy) is 2. The lowest BCUT2D eigenvalue weighted by molar-refractivity contribution is -0.135. The summed E-state index contributed by atoms with van der Waals surface area (Å²) in [4.78, 5) is 29.2. The second kappa shape index (κ2) is 8.39. The largest absolute Gasteiger partial charge is 0.497 e. The molecule has 1 saturated carbocycles. The van der Waals surface area contributed by atoms with Gasteiger partial charge in [0.25, 0.3) is 0 Å². The summed E-state index contributed by atoms with van der Waals surface area (Å²) in [5.41, 5.74) is 1.14. The molecule has 0 aromatic heterocycles. The molecule has 3 atom stereocenters. The van der Waals surface area contributed by atoms with Crippen molar-refractivity contribution in [3.8, 4) is 5.75 Å². The third kappa shape index (κ3) is 4.24. The van der Waals surface area contributed by atoms with E-state index in [0.717, 1.165) is 44.0 Å². The van der Waals surface area contributed by atoms with Gasteiger partial charge in [0.15, 0.2) is 0 Å². The highest BCUT2D eigenvalue weighted by Crippen LogP contribution is 2.40. The number of anilines is 1. The van der Waals surface area contributed by atoms with Crippen molar-refractivity contribution in [2.24, 2.45) is 11.8 Å². The summed E-state index contributed by atoms with van der Waals surface area (Å²) in [5.74, 6) is 0.679. The number of hydrogen-bond donors (Lipinski definition) is 1. The first-order valence-electron chi connectivity index (χ1n) is 10.2. The molecule has 2 aliphatic heterocycles. The minimum atomic E-state index is -0.159. The summed E-state index contributed by atoms with van der Waals surface area (Å²) in [7, 11) is 1.66. The van der Waals surface area contributed by atoms with Crippen LogP contribution in [0.5, 0.6) is 5.75 Å².